The summed E-state index contributed by atoms with van der Waals surface area (Å²) in [6.07, 6.45) is 3.35. The zero-order valence-electron chi connectivity index (χ0n) is 11.4. The SMILES string of the molecule is CCC(CCN)CCC(=O)OCc1ccc(Cl)cc1. The normalized spacial score (nSPS) is 12.2. The highest BCUT2D eigenvalue weighted by Gasteiger charge is 2.10. The fourth-order valence-electron chi connectivity index (χ4n) is 1.93. The highest BCUT2D eigenvalue weighted by molar-refractivity contribution is 6.30. The van der Waals surface area contributed by atoms with Crippen LogP contribution in [0.4, 0.5) is 0 Å². The van der Waals surface area contributed by atoms with E-state index in [2.05, 4.69) is 6.92 Å². The van der Waals surface area contributed by atoms with Crippen LogP contribution in [0.3, 0.4) is 0 Å². The summed E-state index contributed by atoms with van der Waals surface area (Å²) >= 11 is 5.79. The van der Waals surface area contributed by atoms with Crippen molar-refractivity contribution in [2.45, 2.75) is 39.2 Å². The van der Waals surface area contributed by atoms with Gasteiger partial charge in [0.05, 0.1) is 0 Å². The first-order valence-corrected chi connectivity index (χ1v) is 7.13. The molecule has 0 saturated heterocycles. The Kier molecular flexibility index (Phi) is 7.53. The summed E-state index contributed by atoms with van der Waals surface area (Å²) in [6.45, 7) is 3.11. The van der Waals surface area contributed by atoms with Crippen molar-refractivity contribution in [3.63, 3.8) is 0 Å². The molecule has 19 heavy (non-hydrogen) atoms. The lowest BCUT2D eigenvalue weighted by Crippen LogP contribution is -2.11. The molecule has 2 N–H and O–H groups in total. The number of esters is 1. The molecule has 4 heteroatoms. The van der Waals surface area contributed by atoms with Gasteiger partial charge in [-0.15, -0.1) is 0 Å². The van der Waals surface area contributed by atoms with E-state index in [1.165, 1.54) is 0 Å². The molecule has 1 rings (SSSR count). The van der Waals surface area contributed by atoms with Crippen molar-refractivity contribution in [2.75, 3.05) is 6.54 Å². The minimum atomic E-state index is -0.148. The molecule has 0 amide bonds. The third-order valence-corrected chi connectivity index (χ3v) is 3.47. The van der Waals surface area contributed by atoms with Gasteiger partial charge in [0, 0.05) is 11.4 Å². The van der Waals surface area contributed by atoms with Crippen LogP contribution in [0.25, 0.3) is 0 Å². The van der Waals surface area contributed by atoms with E-state index in [4.69, 9.17) is 22.1 Å². The Balaban J connectivity index is 2.25. The number of hydrogen-bond acceptors (Lipinski definition) is 3. The van der Waals surface area contributed by atoms with Crippen LogP contribution in [0.15, 0.2) is 24.3 Å². The molecule has 1 atom stereocenters. The van der Waals surface area contributed by atoms with Crippen LogP contribution in [0.5, 0.6) is 0 Å². The second kappa shape index (κ2) is 8.94. The Bertz CT molecular complexity index is 378. The fraction of sp³-hybridized carbons (Fsp3) is 0.533. The lowest BCUT2D eigenvalue weighted by Gasteiger charge is -2.12. The first kappa shape index (κ1) is 16.0. The van der Waals surface area contributed by atoms with Gasteiger partial charge in [-0.2, -0.15) is 0 Å². The number of nitrogens with two attached hydrogens (primary N) is 1. The van der Waals surface area contributed by atoms with Crippen molar-refractivity contribution in [2.24, 2.45) is 11.7 Å². The van der Waals surface area contributed by atoms with Crippen molar-refractivity contribution >= 4 is 17.6 Å². The van der Waals surface area contributed by atoms with Gasteiger partial charge < -0.3 is 10.5 Å². The highest BCUT2D eigenvalue weighted by Crippen LogP contribution is 2.15. The Morgan fingerprint density at radius 1 is 1.32 bits per heavy atom. The van der Waals surface area contributed by atoms with Gasteiger partial charge in [0.25, 0.3) is 0 Å². The van der Waals surface area contributed by atoms with Gasteiger partial charge in [-0.1, -0.05) is 37.1 Å². The van der Waals surface area contributed by atoms with Gasteiger partial charge in [0.15, 0.2) is 0 Å². The van der Waals surface area contributed by atoms with Gasteiger partial charge in [-0.3, -0.25) is 4.79 Å². The van der Waals surface area contributed by atoms with E-state index < -0.39 is 0 Å². The summed E-state index contributed by atoms with van der Waals surface area (Å²) in [5.74, 6) is 0.374. The summed E-state index contributed by atoms with van der Waals surface area (Å²) in [7, 11) is 0. The standard InChI is InChI=1S/C15H22ClNO2/c1-2-12(9-10-17)5-8-15(18)19-11-13-3-6-14(16)7-4-13/h3-4,6-7,12H,2,5,8-11,17H2,1H3. The van der Waals surface area contributed by atoms with Gasteiger partial charge >= 0.3 is 5.97 Å². The zero-order valence-corrected chi connectivity index (χ0v) is 12.2. The molecule has 0 aliphatic carbocycles. The summed E-state index contributed by atoms with van der Waals surface area (Å²) in [4.78, 5) is 11.6. The molecule has 0 spiro atoms. The number of hydrogen-bond donors (Lipinski definition) is 1. The van der Waals surface area contributed by atoms with Crippen molar-refractivity contribution in [3.05, 3.63) is 34.9 Å². The molecule has 0 heterocycles. The summed E-state index contributed by atoms with van der Waals surface area (Å²) < 4.78 is 5.23. The summed E-state index contributed by atoms with van der Waals surface area (Å²) in [5, 5.41) is 0.683. The van der Waals surface area contributed by atoms with Crippen LogP contribution >= 0.6 is 11.6 Å². The van der Waals surface area contributed by atoms with Crippen molar-refractivity contribution in [1.29, 1.82) is 0 Å². The van der Waals surface area contributed by atoms with E-state index in [9.17, 15) is 4.79 Å². The molecule has 0 saturated carbocycles. The minimum Gasteiger partial charge on any atom is -0.461 e. The van der Waals surface area contributed by atoms with Crippen LogP contribution < -0.4 is 5.73 Å². The molecule has 3 nitrogen and oxygen atoms in total. The van der Waals surface area contributed by atoms with Gasteiger partial charge in [0.2, 0.25) is 0 Å². The molecular weight excluding hydrogens is 262 g/mol. The van der Waals surface area contributed by atoms with E-state index >= 15 is 0 Å². The Morgan fingerprint density at radius 3 is 2.58 bits per heavy atom. The van der Waals surface area contributed by atoms with Crippen LogP contribution in [-0.4, -0.2) is 12.5 Å². The predicted octanol–water partition coefficient (Wildman–Crippen LogP) is 3.54. The fourth-order valence-corrected chi connectivity index (χ4v) is 2.05. The number of ether oxygens (including phenoxy) is 1. The molecule has 0 bridgehead atoms. The van der Waals surface area contributed by atoms with Gasteiger partial charge in [-0.05, 0) is 43.0 Å². The first-order chi connectivity index (χ1) is 9.15. The predicted molar refractivity (Wildman–Crippen MR) is 77.9 cm³/mol. The highest BCUT2D eigenvalue weighted by atomic mass is 35.5. The Hall–Kier alpha value is -1.06. The average molecular weight is 284 g/mol. The van der Waals surface area contributed by atoms with E-state index in [-0.39, 0.29) is 5.97 Å². The number of benzene rings is 1. The molecule has 1 unspecified atom stereocenters. The maximum Gasteiger partial charge on any atom is 0.306 e. The minimum absolute atomic E-state index is 0.148. The monoisotopic (exact) mass is 283 g/mol. The molecule has 0 aliphatic rings. The second-order valence-corrected chi connectivity index (χ2v) is 5.11. The van der Waals surface area contributed by atoms with Crippen LogP contribution in [-0.2, 0) is 16.1 Å². The Morgan fingerprint density at radius 2 is 2.00 bits per heavy atom. The van der Waals surface area contributed by atoms with Crippen LogP contribution in [0.1, 0.15) is 38.2 Å². The van der Waals surface area contributed by atoms with Crippen LogP contribution in [0.2, 0.25) is 5.02 Å². The molecule has 1 aromatic carbocycles. The van der Waals surface area contributed by atoms with Gasteiger partial charge in [-0.25, -0.2) is 0 Å². The summed E-state index contributed by atoms with van der Waals surface area (Å²) in [5.41, 5.74) is 6.48. The topological polar surface area (TPSA) is 52.3 Å². The van der Waals surface area contributed by atoms with E-state index in [1.54, 1.807) is 12.1 Å². The molecule has 0 aromatic heterocycles. The van der Waals surface area contributed by atoms with Crippen molar-refractivity contribution in [3.8, 4) is 0 Å². The molecule has 106 valence electrons. The van der Waals surface area contributed by atoms with Crippen molar-refractivity contribution < 1.29 is 9.53 Å². The third kappa shape index (κ3) is 6.60. The van der Waals surface area contributed by atoms with Gasteiger partial charge in [0.1, 0.15) is 6.61 Å². The van der Waals surface area contributed by atoms with Crippen LogP contribution in [0, 0.1) is 5.92 Å². The molecule has 0 radical (unpaired) electrons. The number of rotatable bonds is 8. The molecule has 1 aromatic rings. The molecule has 0 fully saturated rings. The molecular formula is C15H22ClNO2. The maximum absolute atomic E-state index is 11.6. The largest absolute Gasteiger partial charge is 0.461 e. The van der Waals surface area contributed by atoms with E-state index in [0.29, 0.717) is 30.5 Å². The second-order valence-electron chi connectivity index (χ2n) is 4.68. The van der Waals surface area contributed by atoms with E-state index in [1.807, 2.05) is 12.1 Å². The number of halogens is 1. The summed E-state index contributed by atoms with van der Waals surface area (Å²) in [6, 6.07) is 7.30. The zero-order chi connectivity index (χ0) is 14.1. The quantitative estimate of drug-likeness (QED) is 0.743. The third-order valence-electron chi connectivity index (χ3n) is 3.22. The number of carbonyl (C=O) groups is 1. The lowest BCUT2D eigenvalue weighted by atomic mass is 9.97. The first-order valence-electron chi connectivity index (χ1n) is 6.75. The van der Waals surface area contributed by atoms with E-state index in [0.717, 1.165) is 24.8 Å². The lowest BCUT2D eigenvalue weighted by molar-refractivity contribution is -0.145. The average Bonchev–Trinajstić information content (AvgIpc) is 2.42. The molecule has 0 aliphatic heterocycles. The van der Waals surface area contributed by atoms with Crippen molar-refractivity contribution in [1.82, 2.24) is 0 Å². The number of carbonyl (C=O) groups excluding carboxylic acids is 1. The smallest absolute Gasteiger partial charge is 0.306 e. The maximum atomic E-state index is 11.6. The Labute approximate surface area is 120 Å².